The third-order valence-corrected chi connectivity index (χ3v) is 3.66. The molecule has 0 aliphatic heterocycles. The molecule has 0 fully saturated rings. The average molecular weight is 265 g/mol. The predicted molar refractivity (Wildman–Crippen MR) is 60.9 cm³/mol. The highest BCUT2D eigenvalue weighted by Gasteiger charge is 2.30. The van der Waals surface area contributed by atoms with Crippen molar-refractivity contribution in [3.63, 3.8) is 0 Å². The van der Waals surface area contributed by atoms with Crippen LogP contribution in [0.5, 0.6) is 0 Å². The van der Waals surface area contributed by atoms with E-state index >= 15 is 0 Å². The van der Waals surface area contributed by atoms with Crippen molar-refractivity contribution in [2.75, 3.05) is 5.75 Å². The molecule has 96 valence electrons. The molecular formula is C11H14F3NOS. The van der Waals surface area contributed by atoms with Crippen LogP contribution in [0.4, 0.5) is 13.2 Å². The highest BCUT2D eigenvalue weighted by atomic mass is 32.2. The van der Waals surface area contributed by atoms with Crippen LogP contribution >= 0.6 is 11.8 Å². The number of hydrogen-bond acceptors (Lipinski definition) is 3. The third kappa shape index (κ3) is 4.55. The predicted octanol–water partition coefficient (Wildman–Crippen LogP) is 3.35. The second kappa shape index (κ2) is 5.27. The van der Waals surface area contributed by atoms with E-state index in [4.69, 9.17) is 0 Å². The summed E-state index contributed by atoms with van der Waals surface area (Å²) in [6.45, 7) is 3.53. The first-order valence-electron chi connectivity index (χ1n) is 5.13. The molecule has 0 aliphatic rings. The van der Waals surface area contributed by atoms with E-state index in [1.165, 1.54) is 17.8 Å². The molecule has 1 aromatic rings. The molecule has 0 saturated heterocycles. The highest BCUT2D eigenvalue weighted by Crippen LogP contribution is 2.30. The van der Waals surface area contributed by atoms with Crippen LogP contribution in [-0.4, -0.2) is 21.4 Å². The molecule has 1 atom stereocenters. The first-order chi connectivity index (χ1) is 7.74. The number of aliphatic hydroxyl groups is 1. The van der Waals surface area contributed by atoms with E-state index in [0.717, 1.165) is 12.3 Å². The third-order valence-electron chi connectivity index (χ3n) is 2.36. The van der Waals surface area contributed by atoms with Crippen LogP contribution in [-0.2, 0) is 6.18 Å². The van der Waals surface area contributed by atoms with Gasteiger partial charge >= 0.3 is 6.18 Å². The maximum atomic E-state index is 12.3. The van der Waals surface area contributed by atoms with Crippen LogP contribution in [0.2, 0.25) is 0 Å². The first-order valence-corrected chi connectivity index (χ1v) is 6.11. The zero-order chi connectivity index (χ0) is 13.1. The number of halogens is 3. The molecule has 2 nitrogen and oxygen atoms in total. The van der Waals surface area contributed by atoms with Crippen LogP contribution in [0.25, 0.3) is 0 Å². The van der Waals surface area contributed by atoms with Crippen LogP contribution in [0.15, 0.2) is 23.4 Å². The Labute approximate surface area is 102 Å². The summed E-state index contributed by atoms with van der Waals surface area (Å²) in [5.41, 5.74) is -1.58. The van der Waals surface area contributed by atoms with E-state index in [0.29, 0.717) is 17.2 Å². The van der Waals surface area contributed by atoms with E-state index in [1.807, 2.05) is 6.92 Å². The van der Waals surface area contributed by atoms with Gasteiger partial charge in [0.1, 0.15) is 0 Å². The SMILES string of the molecule is CCC(C)(O)CSc1ccc(C(F)(F)F)cn1. The van der Waals surface area contributed by atoms with Crippen LogP contribution < -0.4 is 0 Å². The van der Waals surface area contributed by atoms with Gasteiger partial charge in [0.2, 0.25) is 0 Å². The number of nitrogens with zero attached hydrogens (tertiary/aromatic N) is 1. The smallest absolute Gasteiger partial charge is 0.389 e. The standard InChI is InChI=1S/C11H14F3NOS/c1-3-10(2,16)7-17-9-5-4-8(6-15-9)11(12,13)14/h4-6,16H,3,7H2,1-2H3. The van der Waals surface area contributed by atoms with Crippen molar-refractivity contribution in [1.82, 2.24) is 4.98 Å². The molecule has 0 saturated carbocycles. The number of rotatable bonds is 4. The summed E-state index contributed by atoms with van der Waals surface area (Å²) in [5.74, 6) is 0.405. The van der Waals surface area contributed by atoms with Gasteiger partial charge in [-0.1, -0.05) is 6.92 Å². The molecular weight excluding hydrogens is 251 g/mol. The summed E-state index contributed by atoms with van der Waals surface area (Å²) in [5, 5.41) is 10.2. The van der Waals surface area contributed by atoms with Gasteiger partial charge in [-0.25, -0.2) is 4.98 Å². The first kappa shape index (κ1) is 14.3. The van der Waals surface area contributed by atoms with Crippen molar-refractivity contribution in [3.05, 3.63) is 23.9 Å². The molecule has 17 heavy (non-hydrogen) atoms. The molecule has 1 unspecified atom stereocenters. The van der Waals surface area contributed by atoms with Crippen LogP contribution in [0.3, 0.4) is 0 Å². The number of thioether (sulfide) groups is 1. The molecule has 0 aliphatic carbocycles. The normalized spacial score (nSPS) is 15.6. The van der Waals surface area contributed by atoms with Crippen LogP contribution in [0.1, 0.15) is 25.8 Å². The Morgan fingerprint density at radius 3 is 2.41 bits per heavy atom. The van der Waals surface area contributed by atoms with Gasteiger partial charge in [-0.15, -0.1) is 11.8 Å². The lowest BCUT2D eigenvalue weighted by Crippen LogP contribution is -2.25. The van der Waals surface area contributed by atoms with Crippen molar-refractivity contribution in [2.24, 2.45) is 0 Å². The molecule has 1 heterocycles. The lowest BCUT2D eigenvalue weighted by atomic mass is 10.1. The van der Waals surface area contributed by atoms with Gasteiger partial charge in [0.05, 0.1) is 16.2 Å². The number of aromatic nitrogens is 1. The van der Waals surface area contributed by atoms with E-state index < -0.39 is 17.3 Å². The fourth-order valence-electron chi connectivity index (χ4n) is 0.965. The average Bonchev–Trinajstić information content (AvgIpc) is 2.26. The summed E-state index contributed by atoms with van der Waals surface area (Å²) in [6, 6.07) is 2.31. The van der Waals surface area contributed by atoms with Gasteiger partial charge in [-0.05, 0) is 25.5 Å². The molecule has 0 spiro atoms. The second-order valence-corrected chi connectivity index (χ2v) is 5.02. The van der Waals surface area contributed by atoms with E-state index in [9.17, 15) is 18.3 Å². The quantitative estimate of drug-likeness (QED) is 0.847. The second-order valence-electron chi connectivity index (χ2n) is 4.02. The van der Waals surface area contributed by atoms with Gasteiger partial charge in [0.25, 0.3) is 0 Å². The summed E-state index contributed by atoms with van der Waals surface area (Å²) >= 11 is 1.24. The summed E-state index contributed by atoms with van der Waals surface area (Å²) in [6.07, 6.45) is -2.96. The Bertz CT molecular complexity index is 362. The van der Waals surface area contributed by atoms with Crippen molar-refractivity contribution < 1.29 is 18.3 Å². The zero-order valence-electron chi connectivity index (χ0n) is 9.58. The molecule has 0 bridgehead atoms. The van der Waals surface area contributed by atoms with Crippen LogP contribution in [0, 0.1) is 0 Å². The van der Waals surface area contributed by atoms with Gasteiger partial charge < -0.3 is 5.11 Å². The van der Waals surface area contributed by atoms with E-state index in [1.54, 1.807) is 6.92 Å². The monoisotopic (exact) mass is 265 g/mol. The largest absolute Gasteiger partial charge is 0.417 e. The Morgan fingerprint density at radius 2 is 2.00 bits per heavy atom. The fraction of sp³-hybridized carbons (Fsp3) is 0.545. The van der Waals surface area contributed by atoms with Crippen molar-refractivity contribution in [1.29, 1.82) is 0 Å². The molecule has 0 radical (unpaired) electrons. The number of pyridine rings is 1. The maximum Gasteiger partial charge on any atom is 0.417 e. The summed E-state index contributed by atoms with van der Waals surface area (Å²) in [7, 11) is 0. The maximum absolute atomic E-state index is 12.3. The van der Waals surface area contributed by atoms with Gasteiger partial charge in [-0.2, -0.15) is 13.2 Å². The molecule has 6 heteroatoms. The van der Waals surface area contributed by atoms with Gasteiger partial charge in [0.15, 0.2) is 0 Å². The van der Waals surface area contributed by atoms with Gasteiger partial charge in [-0.3, -0.25) is 0 Å². The van der Waals surface area contributed by atoms with Gasteiger partial charge in [0, 0.05) is 11.9 Å². The molecule has 0 aromatic carbocycles. The zero-order valence-corrected chi connectivity index (χ0v) is 10.4. The Kier molecular flexibility index (Phi) is 4.43. The topological polar surface area (TPSA) is 33.1 Å². The molecule has 1 aromatic heterocycles. The number of hydrogen-bond donors (Lipinski definition) is 1. The minimum atomic E-state index is -4.36. The molecule has 1 N–H and O–H groups in total. The Hall–Kier alpha value is -0.750. The Morgan fingerprint density at radius 1 is 1.35 bits per heavy atom. The number of alkyl halides is 3. The molecule has 0 amide bonds. The van der Waals surface area contributed by atoms with Crippen molar-refractivity contribution in [3.8, 4) is 0 Å². The summed E-state index contributed by atoms with van der Waals surface area (Å²) < 4.78 is 36.8. The fourth-order valence-corrected chi connectivity index (χ4v) is 1.92. The molecule has 1 rings (SSSR count). The van der Waals surface area contributed by atoms with Crippen molar-refractivity contribution >= 4 is 11.8 Å². The lowest BCUT2D eigenvalue weighted by molar-refractivity contribution is -0.137. The van der Waals surface area contributed by atoms with E-state index in [-0.39, 0.29) is 0 Å². The van der Waals surface area contributed by atoms with E-state index in [2.05, 4.69) is 4.98 Å². The Balaban J connectivity index is 2.64. The minimum absolute atomic E-state index is 0.405. The lowest BCUT2D eigenvalue weighted by Gasteiger charge is -2.20. The minimum Gasteiger partial charge on any atom is -0.389 e. The summed E-state index contributed by atoms with van der Waals surface area (Å²) in [4.78, 5) is 3.71. The van der Waals surface area contributed by atoms with Crippen molar-refractivity contribution in [2.45, 2.75) is 37.1 Å². The highest BCUT2D eigenvalue weighted by molar-refractivity contribution is 7.99.